The Labute approximate surface area is 155 Å². The molecule has 0 aliphatic carbocycles. The third-order valence-electron chi connectivity index (χ3n) is 3.74. The minimum absolute atomic E-state index is 0.000742. The van der Waals surface area contributed by atoms with Gasteiger partial charge in [0.1, 0.15) is 13.2 Å². The van der Waals surface area contributed by atoms with E-state index in [1.165, 1.54) is 12.1 Å². The predicted molar refractivity (Wildman–Crippen MR) is 92.9 cm³/mol. The van der Waals surface area contributed by atoms with Crippen LogP contribution < -0.4 is 0 Å². The van der Waals surface area contributed by atoms with Crippen LogP contribution >= 0.6 is 0 Å². The fraction of sp³-hybridized carbons (Fsp3) is 0.263. The number of hydrogen-bond acceptors (Lipinski definition) is 7. The molecule has 0 amide bonds. The molecule has 0 aliphatic rings. The minimum atomic E-state index is -1.22. The lowest BCUT2D eigenvalue weighted by atomic mass is 10.0. The number of hydrogen-bond donors (Lipinski definition) is 2. The monoisotopic (exact) mass is 376 g/mol. The van der Waals surface area contributed by atoms with E-state index in [0.29, 0.717) is 5.56 Å². The number of benzene rings is 2. The average Bonchev–Trinajstić information content (AvgIpc) is 2.63. The highest BCUT2D eigenvalue weighted by Gasteiger charge is 2.18. The number of carbonyl (C=O) groups is 2. The van der Waals surface area contributed by atoms with E-state index < -0.39 is 18.7 Å². The number of carboxylic acids is 1. The normalized spacial score (nSPS) is 10.6. The van der Waals surface area contributed by atoms with Crippen molar-refractivity contribution in [3.8, 4) is 0 Å². The van der Waals surface area contributed by atoms with Gasteiger partial charge in [0.2, 0.25) is 6.79 Å². The Bertz CT molecular complexity index is 815. The number of aromatic carboxylic acids is 1. The fourth-order valence-electron chi connectivity index (χ4n) is 2.41. The average molecular weight is 376 g/mol. The first-order valence-electron chi connectivity index (χ1n) is 8.02. The van der Waals surface area contributed by atoms with E-state index in [4.69, 9.17) is 19.8 Å². The minimum Gasteiger partial charge on any atom is -0.478 e. The van der Waals surface area contributed by atoms with Crippen molar-refractivity contribution in [2.75, 3.05) is 6.79 Å². The molecular weight excluding hydrogens is 356 g/mol. The quantitative estimate of drug-likeness (QED) is 0.226. The first kappa shape index (κ1) is 20.5. The van der Waals surface area contributed by atoms with Gasteiger partial charge in [0, 0.05) is 0 Å². The van der Waals surface area contributed by atoms with E-state index in [9.17, 15) is 14.7 Å². The van der Waals surface area contributed by atoms with Crippen LogP contribution in [0.4, 0.5) is 0 Å². The summed E-state index contributed by atoms with van der Waals surface area (Å²) in [5, 5.41) is 17.8. The lowest BCUT2D eigenvalue weighted by Crippen LogP contribution is -2.14. The van der Waals surface area contributed by atoms with Gasteiger partial charge >= 0.3 is 11.9 Å². The van der Waals surface area contributed by atoms with E-state index in [1.54, 1.807) is 19.1 Å². The number of carboxylic acid groups (broad SMARTS) is 1. The molecule has 27 heavy (non-hydrogen) atoms. The Hall–Kier alpha value is -2.78. The second-order valence-electron chi connectivity index (χ2n) is 5.83. The van der Waals surface area contributed by atoms with Gasteiger partial charge in [-0.3, -0.25) is 5.26 Å². The summed E-state index contributed by atoms with van der Waals surface area (Å²) < 4.78 is 4.88. The molecule has 2 N–H and O–H groups in total. The van der Waals surface area contributed by atoms with E-state index >= 15 is 0 Å². The van der Waals surface area contributed by atoms with E-state index in [-0.39, 0.29) is 24.3 Å². The molecule has 0 aromatic heterocycles. The molecule has 0 atom stereocenters. The number of rotatable bonds is 9. The Morgan fingerprint density at radius 3 is 2.30 bits per heavy atom. The third-order valence-corrected chi connectivity index (χ3v) is 3.74. The highest BCUT2D eigenvalue weighted by molar-refractivity contribution is 6.02. The number of aryl methyl sites for hydroxylation is 2. The zero-order chi connectivity index (χ0) is 19.8. The zero-order valence-electron chi connectivity index (χ0n) is 14.9. The fourth-order valence-corrected chi connectivity index (χ4v) is 2.41. The van der Waals surface area contributed by atoms with Gasteiger partial charge in [0.25, 0.3) is 0 Å². The van der Waals surface area contributed by atoms with Crippen molar-refractivity contribution in [2.45, 2.75) is 27.1 Å². The van der Waals surface area contributed by atoms with E-state index in [2.05, 4.69) is 4.89 Å². The molecular formula is C19H20O8. The Morgan fingerprint density at radius 2 is 1.59 bits per heavy atom. The number of esters is 1. The first-order valence-corrected chi connectivity index (χ1v) is 8.02. The smallest absolute Gasteiger partial charge is 0.341 e. The van der Waals surface area contributed by atoms with Crippen LogP contribution in [0.15, 0.2) is 36.4 Å². The number of carbonyl (C=O) groups excluding carboxylic acids is 1. The highest BCUT2D eigenvalue weighted by atomic mass is 17.2. The van der Waals surface area contributed by atoms with Gasteiger partial charge in [-0.25, -0.2) is 19.4 Å². The van der Waals surface area contributed by atoms with Crippen molar-refractivity contribution in [3.05, 3.63) is 69.8 Å². The Morgan fingerprint density at radius 1 is 0.889 bits per heavy atom. The molecule has 2 aromatic rings. The van der Waals surface area contributed by atoms with Gasteiger partial charge < -0.3 is 9.84 Å². The predicted octanol–water partition coefficient (Wildman–Crippen LogP) is 3.25. The standard InChI is InChI=1S/C19H20O8/c1-12-3-5-14(15(7-12)9-25-23)10-26-27-11-24-19(22)16-6-4-13(2)8-17(16)18(20)21/h3-8,23H,9-11H2,1-2H3,(H,20,21). The molecule has 144 valence electrons. The van der Waals surface area contributed by atoms with Crippen LogP contribution in [0.3, 0.4) is 0 Å². The maximum atomic E-state index is 12.0. The summed E-state index contributed by atoms with van der Waals surface area (Å²) in [7, 11) is 0. The van der Waals surface area contributed by atoms with Crippen LogP contribution in [0, 0.1) is 13.8 Å². The SMILES string of the molecule is Cc1ccc(COOCOC(=O)c2ccc(C)cc2C(=O)O)c(COO)c1. The molecule has 0 fully saturated rings. The Kier molecular flexibility index (Phi) is 7.44. The zero-order valence-corrected chi connectivity index (χ0v) is 14.9. The maximum absolute atomic E-state index is 12.0. The summed E-state index contributed by atoms with van der Waals surface area (Å²) in [4.78, 5) is 37.2. The molecule has 0 bridgehead atoms. The van der Waals surface area contributed by atoms with Crippen LogP contribution in [0.1, 0.15) is 43.0 Å². The molecule has 0 aliphatic heterocycles. The van der Waals surface area contributed by atoms with E-state index in [0.717, 1.165) is 16.7 Å². The molecule has 0 radical (unpaired) electrons. The summed E-state index contributed by atoms with van der Waals surface area (Å²) in [5.41, 5.74) is 2.95. The second kappa shape index (κ2) is 9.79. The van der Waals surface area contributed by atoms with E-state index in [1.807, 2.05) is 19.1 Å². The van der Waals surface area contributed by atoms with Gasteiger partial charge in [-0.15, -0.1) is 0 Å². The second-order valence-corrected chi connectivity index (χ2v) is 5.83. The van der Waals surface area contributed by atoms with Crippen molar-refractivity contribution < 1.29 is 39.4 Å². The lowest BCUT2D eigenvalue weighted by molar-refractivity contribution is -0.335. The van der Waals surface area contributed by atoms with Crippen LogP contribution in [-0.4, -0.2) is 29.1 Å². The molecule has 0 heterocycles. The van der Waals surface area contributed by atoms with Crippen LogP contribution in [0.2, 0.25) is 0 Å². The maximum Gasteiger partial charge on any atom is 0.341 e. The number of ether oxygens (including phenoxy) is 1. The first-order chi connectivity index (χ1) is 12.9. The summed E-state index contributed by atoms with van der Waals surface area (Å²) in [6, 6.07) is 9.88. The third kappa shape index (κ3) is 5.87. The topological polar surface area (TPSA) is 112 Å². The van der Waals surface area contributed by atoms with Gasteiger partial charge in [-0.1, -0.05) is 35.4 Å². The van der Waals surface area contributed by atoms with Gasteiger partial charge in [-0.2, -0.15) is 4.89 Å². The summed E-state index contributed by atoms with van der Waals surface area (Å²) in [5.74, 6) is -2.05. The summed E-state index contributed by atoms with van der Waals surface area (Å²) >= 11 is 0. The molecule has 2 aromatic carbocycles. The van der Waals surface area contributed by atoms with Crippen molar-refractivity contribution in [2.24, 2.45) is 0 Å². The van der Waals surface area contributed by atoms with Crippen molar-refractivity contribution >= 4 is 11.9 Å². The van der Waals surface area contributed by atoms with Gasteiger partial charge in [0.15, 0.2) is 0 Å². The summed E-state index contributed by atoms with van der Waals surface area (Å²) in [6.07, 6.45) is 0. The van der Waals surface area contributed by atoms with Crippen molar-refractivity contribution in [3.63, 3.8) is 0 Å². The van der Waals surface area contributed by atoms with Crippen molar-refractivity contribution in [1.82, 2.24) is 0 Å². The Balaban J connectivity index is 1.86. The van der Waals surface area contributed by atoms with Gasteiger partial charge in [-0.05, 0) is 37.1 Å². The molecule has 0 unspecified atom stereocenters. The van der Waals surface area contributed by atoms with Crippen molar-refractivity contribution in [1.29, 1.82) is 0 Å². The van der Waals surface area contributed by atoms with Gasteiger partial charge in [0.05, 0.1) is 11.1 Å². The molecule has 2 rings (SSSR count). The highest BCUT2D eigenvalue weighted by Crippen LogP contribution is 2.15. The molecule has 0 saturated carbocycles. The molecule has 8 nitrogen and oxygen atoms in total. The molecule has 0 saturated heterocycles. The summed E-state index contributed by atoms with van der Waals surface area (Å²) in [6.45, 7) is 3.16. The van der Waals surface area contributed by atoms with Crippen LogP contribution in [0.25, 0.3) is 0 Å². The lowest BCUT2D eigenvalue weighted by Gasteiger charge is -2.10. The van der Waals surface area contributed by atoms with Crippen LogP contribution in [-0.2, 0) is 32.6 Å². The van der Waals surface area contributed by atoms with Crippen LogP contribution in [0.5, 0.6) is 0 Å². The molecule has 0 spiro atoms. The molecule has 8 heteroatoms. The largest absolute Gasteiger partial charge is 0.478 e.